The van der Waals surface area contributed by atoms with Gasteiger partial charge >= 0.3 is 0 Å². The zero-order chi connectivity index (χ0) is 14.0. The maximum atomic E-state index is 11.4. The van der Waals surface area contributed by atoms with Gasteiger partial charge in [0.05, 0.1) is 0 Å². The highest BCUT2D eigenvalue weighted by Gasteiger charge is 2.13. The molecule has 0 amide bonds. The fourth-order valence-electron chi connectivity index (χ4n) is 2.22. The molecule has 2 rings (SSSR count). The summed E-state index contributed by atoms with van der Waals surface area (Å²) < 4.78 is 0. The van der Waals surface area contributed by atoms with Gasteiger partial charge in [-0.05, 0) is 35.1 Å². The minimum atomic E-state index is -0.0865. The van der Waals surface area contributed by atoms with Gasteiger partial charge in [0.1, 0.15) is 0 Å². The predicted octanol–water partition coefficient (Wildman–Crippen LogP) is 3.68. The molecule has 0 fully saturated rings. The van der Waals surface area contributed by atoms with E-state index >= 15 is 0 Å². The van der Waals surface area contributed by atoms with Gasteiger partial charge in [-0.25, -0.2) is 0 Å². The summed E-state index contributed by atoms with van der Waals surface area (Å²) in [6, 6.07) is 5.66. The molecule has 0 bridgehead atoms. The Morgan fingerprint density at radius 1 is 1.05 bits per heavy atom. The molecule has 0 radical (unpaired) electrons. The molecule has 1 N–H and O–H groups in total. The monoisotopic (exact) mass is 256 g/mol. The summed E-state index contributed by atoms with van der Waals surface area (Å²) >= 11 is 0. The SMILES string of the molecule is CC(C)c1cc(-c2cc[nH]c(=O)c2)cnc1C(C)C. The van der Waals surface area contributed by atoms with Crippen molar-refractivity contribution in [3.8, 4) is 11.1 Å². The van der Waals surface area contributed by atoms with E-state index in [0.717, 1.165) is 16.8 Å². The van der Waals surface area contributed by atoms with Crippen LogP contribution >= 0.6 is 0 Å². The first-order valence-corrected chi connectivity index (χ1v) is 6.68. The second kappa shape index (κ2) is 5.39. The van der Waals surface area contributed by atoms with E-state index in [1.165, 1.54) is 5.56 Å². The summed E-state index contributed by atoms with van der Waals surface area (Å²) in [5.41, 5.74) is 4.22. The number of nitrogens with zero attached hydrogens (tertiary/aromatic N) is 1. The van der Waals surface area contributed by atoms with Crippen LogP contribution in [0.15, 0.2) is 35.4 Å². The van der Waals surface area contributed by atoms with Gasteiger partial charge in [0.25, 0.3) is 0 Å². The highest BCUT2D eigenvalue weighted by Crippen LogP contribution is 2.28. The van der Waals surface area contributed by atoms with E-state index in [-0.39, 0.29) is 5.56 Å². The van der Waals surface area contributed by atoms with Gasteiger partial charge in [0.2, 0.25) is 5.56 Å². The van der Waals surface area contributed by atoms with Gasteiger partial charge in [0, 0.05) is 29.7 Å². The van der Waals surface area contributed by atoms with E-state index in [1.807, 2.05) is 12.3 Å². The number of hydrogen-bond acceptors (Lipinski definition) is 2. The highest BCUT2D eigenvalue weighted by atomic mass is 16.1. The maximum Gasteiger partial charge on any atom is 0.248 e. The molecule has 0 atom stereocenters. The third-order valence-electron chi connectivity index (χ3n) is 3.23. The molecular formula is C16H20N2O. The van der Waals surface area contributed by atoms with Crippen LogP contribution in [0.25, 0.3) is 11.1 Å². The van der Waals surface area contributed by atoms with Crippen LogP contribution in [0.1, 0.15) is 50.8 Å². The van der Waals surface area contributed by atoms with Crippen LogP contribution in [0.5, 0.6) is 0 Å². The number of aromatic nitrogens is 2. The van der Waals surface area contributed by atoms with Gasteiger partial charge < -0.3 is 4.98 Å². The van der Waals surface area contributed by atoms with Crippen LogP contribution in [0, 0.1) is 0 Å². The van der Waals surface area contributed by atoms with Crippen molar-refractivity contribution in [1.82, 2.24) is 9.97 Å². The minimum absolute atomic E-state index is 0.0865. The Bertz CT molecular complexity index is 627. The van der Waals surface area contributed by atoms with Crippen molar-refractivity contribution in [3.05, 3.63) is 52.2 Å². The fraction of sp³-hybridized carbons (Fsp3) is 0.375. The van der Waals surface area contributed by atoms with Crippen LogP contribution in [-0.2, 0) is 0 Å². The van der Waals surface area contributed by atoms with Crippen molar-refractivity contribution >= 4 is 0 Å². The van der Waals surface area contributed by atoms with Gasteiger partial charge in [-0.1, -0.05) is 27.7 Å². The van der Waals surface area contributed by atoms with E-state index in [0.29, 0.717) is 11.8 Å². The number of H-pyrrole nitrogens is 1. The summed E-state index contributed by atoms with van der Waals surface area (Å²) in [5, 5.41) is 0. The summed E-state index contributed by atoms with van der Waals surface area (Å²) in [6.45, 7) is 8.65. The summed E-state index contributed by atoms with van der Waals surface area (Å²) in [4.78, 5) is 18.6. The standard InChI is InChI=1S/C16H20N2O/c1-10(2)14-7-13(9-18-16(14)11(3)4)12-5-6-17-15(19)8-12/h5-11H,1-4H3,(H,17,19). The van der Waals surface area contributed by atoms with Crippen LogP contribution < -0.4 is 5.56 Å². The summed E-state index contributed by atoms with van der Waals surface area (Å²) in [6.07, 6.45) is 3.53. The summed E-state index contributed by atoms with van der Waals surface area (Å²) in [7, 11) is 0. The van der Waals surface area contributed by atoms with Crippen molar-refractivity contribution in [2.24, 2.45) is 0 Å². The molecule has 0 aliphatic rings. The summed E-state index contributed by atoms with van der Waals surface area (Å²) in [5.74, 6) is 0.831. The maximum absolute atomic E-state index is 11.4. The van der Waals surface area contributed by atoms with Crippen molar-refractivity contribution in [2.75, 3.05) is 0 Å². The molecule has 0 saturated heterocycles. The van der Waals surface area contributed by atoms with Gasteiger partial charge in [-0.2, -0.15) is 0 Å². The van der Waals surface area contributed by atoms with Gasteiger partial charge in [-0.15, -0.1) is 0 Å². The van der Waals surface area contributed by atoms with E-state index < -0.39 is 0 Å². The van der Waals surface area contributed by atoms with Crippen molar-refractivity contribution in [2.45, 2.75) is 39.5 Å². The third-order valence-corrected chi connectivity index (χ3v) is 3.23. The van der Waals surface area contributed by atoms with Crippen LogP contribution in [0.4, 0.5) is 0 Å². The molecule has 3 heteroatoms. The first-order chi connectivity index (χ1) is 8.99. The smallest absolute Gasteiger partial charge is 0.248 e. The second-order valence-electron chi connectivity index (χ2n) is 5.45. The molecule has 3 nitrogen and oxygen atoms in total. The van der Waals surface area contributed by atoms with Crippen LogP contribution in [0.2, 0.25) is 0 Å². The van der Waals surface area contributed by atoms with Crippen LogP contribution in [-0.4, -0.2) is 9.97 Å². The third kappa shape index (κ3) is 2.92. The Labute approximate surface area is 113 Å². The zero-order valence-corrected chi connectivity index (χ0v) is 11.9. The quantitative estimate of drug-likeness (QED) is 0.910. The largest absolute Gasteiger partial charge is 0.329 e. The van der Waals surface area contributed by atoms with Gasteiger partial charge in [-0.3, -0.25) is 9.78 Å². The number of nitrogens with one attached hydrogen (secondary N) is 1. The normalized spacial score (nSPS) is 11.3. The predicted molar refractivity (Wildman–Crippen MR) is 78.5 cm³/mol. The van der Waals surface area contributed by atoms with Crippen molar-refractivity contribution in [3.63, 3.8) is 0 Å². The number of pyridine rings is 2. The molecule has 2 heterocycles. The van der Waals surface area contributed by atoms with E-state index in [4.69, 9.17) is 0 Å². The number of hydrogen-bond donors (Lipinski definition) is 1. The first-order valence-electron chi connectivity index (χ1n) is 6.68. The molecule has 0 aliphatic carbocycles. The zero-order valence-electron chi connectivity index (χ0n) is 11.9. The van der Waals surface area contributed by atoms with E-state index in [9.17, 15) is 4.79 Å². The first kappa shape index (κ1) is 13.5. The molecule has 0 saturated carbocycles. The Morgan fingerprint density at radius 3 is 2.37 bits per heavy atom. The van der Waals surface area contributed by atoms with Gasteiger partial charge in [0.15, 0.2) is 0 Å². The van der Waals surface area contributed by atoms with Crippen molar-refractivity contribution in [1.29, 1.82) is 0 Å². The van der Waals surface area contributed by atoms with Crippen molar-refractivity contribution < 1.29 is 0 Å². The Balaban J connectivity index is 2.55. The lowest BCUT2D eigenvalue weighted by Crippen LogP contribution is -2.04. The van der Waals surface area contributed by atoms with Crippen LogP contribution in [0.3, 0.4) is 0 Å². The lowest BCUT2D eigenvalue weighted by Gasteiger charge is -2.16. The Kier molecular flexibility index (Phi) is 3.84. The Morgan fingerprint density at radius 2 is 1.79 bits per heavy atom. The molecule has 2 aromatic rings. The van der Waals surface area contributed by atoms with E-state index in [1.54, 1.807) is 12.3 Å². The lowest BCUT2D eigenvalue weighted by molar-refractivity contribution is 0.758. The minimum Gasteiger partial charge on any atom is -0.329 e. The topological polar surface area (TPSA) is 45.8 Å². The molecule has 19 heavy (non-hydrogen) atoms. The number of aromatic amines is 1. The highest BCUT2D eigenvalue weighted by molar-refractivity contribution is 5.63. The molecule has 2 aromatic heterocycles. The molecular weight excluding hydrogens is 236 g/mol. The fourth-order valence-corrected chi connectivity index (χ4v) is 2.22. The molecule has 100 valence electrons. The average Bonchev–Trinajstić information content (AvgIpc) is 2.37. The average molecular weight is 256 g/mol. The molecule has 0 aliphatic heterocycles. The lowest BCUT2D eigenvalue weighted by atomic mass is 9.93. The Hall–Kier alpha value is -1.90. The molecule has 0 aromatic carbocycles. The molecule has 0 spiro atoms. The molecule has 0 unspecified atom stereocenters. The second-order valence-corrected chi connectivity index (χ2v) is 5.45. The van der Waals surface area contributed by atoms with E-state index in [2.05, 4.69) is 43.7 Å². The number of rotatable bonds is 3.